The van der Waals surface area contributed by atoms with E-state index in [9.17, 15) is 24.9 Å². The Labute approximate surface area is 131 Å². The van der Waals surface area contributed by atoms with Crippen molar-refractivity contribution in [3.8, 4) is 0 Å². The second kappa shape index (κ2) is 10.5. The molecule has 0 fully saturated rings. The molecule has 2 unspecified atom stereocenters. The fraction of sp³-hybridized carbons (Fsp3) is 0.867. The van der Waals surface area contributed by atoms with Gasteiger partial charge in [-0.2, -0.15) is 0 Å². The number of rotatable bonds is 11. The highest BCUT2D eigenvalue weighted by molar-refractivity contribution is 5.74. The summed E-state index contributed by atoms with van der Waals surface area (Å²) in [6.45, 7) is 4.47. The maximum Gasteiger partial charge on any atom is 0.334 e. The van der Waals surface area contributed by atoms with Crippen molar-refractivity contribution in [3.05, 3.63) is 0 Å². The zero-order valence-corrected chi connectivity index (χ0v) is 13.6. The van der Waals surface area contributed by atoms with Crippen LogP contribution in [0.1, 0.15) is 46.5 Å². The predicted molar refractivity (Wildman–Crippen MR) is 78.9 cm³/mol. The fourth-order valence-corrected chi connectivity index (χ4v) is 1.60. The van der Waals surface area contributed by atoms with Gasteiger partial charge in [-0.15, -0.1) is 0 Å². The van der Waals surface area contributed by atoms with Gasteiger partial charge in [0.25, 0.3) is 0 Å². The number of carbonyl (C=O) groups is 2. The Morgan fingerprint density at radius 1 is 0.955 bits per heavy atom. The number of carbonyl (C=O) groups excluding carboxylic acids is 2. The number of esters is 2. The quantitative estimate of drug-likeness (QED) is 0.472. The molecular weight excluding hydrogens is 292 g/mol. The molecular formula is C15H28O7. The summed E-state index contributed by atoms with van der Waals surface area (Å²) < 4.78 is 9.90. The summed E-state index contributed by atoms with van der Waals surface area (Å²) in [7, 11) is 0. The van der Waals surface area contributed by atoms with Crippen LogP contribution in [0.5, 0.6) is 0 Å². The standard InChI is InChI=1S/C15H28O7/c1-4-6-11(17)13(19)21-9-15(3,8-16)10-22-14(20)12(18)7-5-2/h11-12,16-18H,4-10H2,1-3H3. The molecule has 2 atom stereocenters. The monoisotopic (exact) mass is 320 g/mol. The number of hydrogen-bond acceptors (Lipinski definition) is 7. The van der Waals surface area contributed by atoms with Crippen molar-refractivity contribution in [1.29, 1.82) is 0 Å². The van der Waals surface area contributed by atoms with E-state index in [1.165, 1.54) is 0 Å². The van der Waals surface area contributed by atoms with Crippen LogP contribution in [0, 0.1) is 5.41 Å². The molecule has 0 spiro atoms. The lowest BCUT2D eigenvalue weighted by Gasteiger charge is -2.27. The molecule has 130 valence electrons. The van der Waals surface area contributed by atoms with Gasteiger partial charge in [-0.1, -0.05) is 33.6 Å². The maximum atomic E-state index is 11.5. The highest BCUT2D eigenvalue weighted by atomic mass is 16.6. The second-order valence-corrected chi connectivity index (χ2v) is 5.79. The molecule has 3 N–H and O–H groups in total. The van der Waals surface area contributed by atoms with E-state index in [0.717, 1.165) is 0 Å². The molecule has 22 heavy (non-hydrogen) atoms. The smallest absolute Gasteiger partial charge is 0.334 e. The highest BCUT2D eigenvalue weighted by Crippen LogP contribution is 2.18. The summed E-state index contributed by atoms with van der Waals surface area (Å²) in [4.78, 5) is 23.1. The van der Waals surface area contributed by atoms with Crippen LogP contribution in [-0.4, -0.2) is 59.3 Å². The maximum absolute atomic E-state index is 11.5. The van der Waals surface area contributed by atoms with Crippen LogP contribution < -0.4 is 0 Å². The number of aliphatic hydroxyl groups is 3. The Morgan fingerprint density at radius 3 is 1.59 bits per heavy atom. The molecule has 0 amide bonds. The molecule has 7 heteroatoms. The van der Waals surface area contributed by atoms with E-state index in [1.807, 2.05) is 13.8 Å². The van der Waals surface area contributed by atoms with Crippen molar-refractivity contribution in [2.45, 2.75) is 58.7 Å². The van der Waals surface area contributed by atoms with Gasteiger partial charge >= 0.3 is 11.9 Å². The summed E-state index contributed by atoms with van der Waals surface area (Å²) in [6.07, 6.45) is -0.510. The number of aliphatic hydroxyl groups excluding tert-OH is 3. The molecule has 7 nitrogen and oxygen atoms in total. The van der Waals surface area contributed by atoms with Gasteiger partial charge in [0.2, 0.25) is 0 Å². The van der Waals surface area contributed by atoms with E-state index in [-0.39, 0.29) is 19.8 Å². The molecule has 0 aliphatic rings. The first kappa shape index (κ1) is 20.8. The highest BCUT2D eigenvalue weighted by Gasteiger charge is 2.30. The van der Waals surface area contributed by atoms with Crippen molar-refractivity contribution >= 4 is 11.9 Å². The summed E-state index contributed by atoms with van der Waals surface area (Å²) in [5.74, 6) is -1.53. The molecule has 0 bridgehead atoms. The minimum absolute atomic E-state index is 0.194. The van der Waals surface area contributed by atoms with Crippen LogP contribution >= 0.6 is 0 Å². The molecule has 0 aromatic rings. The lowest BCUT2D eigenvalue weighted by atomic mass is 9.94. The lowest BCUT2D eigenvalue weighted by Crippen LogP contribution is -2.38. The summed E-state index contributed by atoms with van der Waals surface area (Å²) in [5, 5.41) is 28.4. The summed E-state index contributed by atoms with van der Waals surface area (Å²) in [6, 6.07) is 0. The summed E-state index contributed by atoms with van der Waals surface area (Å²) >= 11 is 0. The van der Waals surface area contributed by atoms with Crippen molar-refractivity contribution in [2.75, 3.05) is 19.8 Å². The van der Waals surface area contributed by atoms with E-state index in [0.29, 0.717) is 25.7 Å². The lowest BCUT2D eigenvalue weighted by molar-refractivity contribution is -0.165. The Bertz CT molecular complexity index is 315. The first-order chi connectivity index (χ1) is 10.3. The third kappa shape index (κ3) is 7.72. The van der Waals surface area contributed by atoms with Crippen molar-refractivity contribution in [2.24, 2.45) is 5.41 Å². The van der Waals surface area contributed by atoms with Crippen LogP contribution in [0.3, 0.4) is 0 Å². The summed E-state index contributed by atoms with van der Waals surface area (Å²) in [5.41, 5.74) is -0.983. The van der Waals surface area contributed by atoms with Crippen LogP contribution in [0.25, 0.3) is 0 Å². The van der Waals surface area contributed by atoms with E-state index < -0.39 is 29.6 Å². The average Bonchev–Trinajstić information content (AvgIpc) is 2.50. The Morgan fingerprint density at radius 2 is 1.32 bits per heavy atom. The first-order valence-electron chi connectivity index (χ1n) is 7.60. The van der Waals surface area contributed by atoms with Gasteiger partial charge in [0.1, 0.15) is 13.2 Å². The van der Waals surface area contributed by atoms with Gasteiger partial charge < -0.3 is 24.8 Å². The second-order valence-electron chi connectivity index (χ2n) is 5.79. The molecule has 0 radical (unpaired) electrons. The Balaban J connectivity index is 4.34. The van der Waals surface area contributed by atoms with Gasteiger partial charge in [0, 0.05) is 0 Å². The molecule has 0 aromatic carbocycles. The normalized spacial score (nSPS) is 16.5. The van der Waals surface area contributed by atoms with Crippen molar-refractivity contribution in [3.63, 3.8) is 0 Å². The van der Waals surface area contributed by atoms with Crippen LogP contribution in [0.4, 0.5) is 0 Å². The van der Waals surface area contributed by atoms with Gasteiger partial charge in [-0.3, -0.25) is 0 Å². The zero-order valence-electron chi connectivity index (χ0n) is 13.6. The SMILES string of the molecule is CCCC(O)C(=O)OCC(C)(CO)COC(=O)C(O)CCC. The molecule has 0 saturated heterocycles. The minimum atomic E-state index is -1.19. The van der Waals surface area contributed by atoms with Gasteiger partial charge in [-0.05, 0) is 12.8 Å². The fourth-order valence-electron chi connectivity index (χ4n) is 1.60. The average molecular weight is 320 g/mol. The molecule has 0 aliphatic heterocycles. The predicted octanol–water partition coefficient (Wildman–Crippen LogP) is 0.393. The largest absolute Gasteiger partial charge is 0.463 e. The van der Waals surface area contributed by atoms with Crippen molar-refractivity contribution < 1.29 is 34.4 Å². The van der Waals surface area contributed by atoms with E-state index in [1.54, 1.807) is 6.92 Å². The molecule has 0 saturated carbocycles. The van der Waals surface area contributed by atoms with Crippen LogP contribution in [-0.2, 0) is 19.1 Å². The number of hydrogen-bond donors (Lipinski definition) is 3. The molecule has 0 aromatic heterocycles. The van der Waals surface area contributed by atoms with Gasteiger partial charge in [0.15, 0.2) is 12.2 Å². The molecule has 0 aliphatic carbocycles. The molecule has 0 heterocycles. The molecule has 0 rings (SSSR count). The van der Waals surface area contributed by atoms with E-state index in [2.05, 4.69) is 0 Å². The third-order valence-corrected chi connectivity index (χ3v) is 3.18. The van der Waals surface area contributed by atoms with Crippen molar-refractivity contribution in [1.82, 2.24) is 0 Å². The Kier molecular flexibility index (Phi) is 9.97. The van der Waals surface area contributed by atoms with E-state index in [4.69, 9.17) is 9.47 Å². The van der Waals surface area contributed by atoms with E-state index >= 15 is 0 Å². The zero-order chi connectivity index (χ0) is 17.2. The first-order valence-corrected chi connectivity index (χ1v) is 7.60. The minimum Gasteiger partial charge on any atom is -0.463 e. The third-order valence-electron chi connectivity index (χ3n) is 3.18. The van der Waals surface area contributed by atoms with Crippen LogP contribution in [0.15, 0.2) is 0 Å². The van der Waals surface area contributed by atoms with Gasteiger partial charge in [-0.25, -0.2) is 9.59 Å². The topological polar surface area (TPSA) is 113 Å². The van der Waals surface area contributed by atoms with Gasteiger partial charge in [0.05, 0.1) is 12.0 Å². The number of ether oxygens (including phenoxy) is 2. The Hall–Kier alpha value is -1.18. The van der Waals surface area contributed by atoms with Crippen LogP contribution in [0.2, 0.25) is 0 Å².